The van der Waals surface area contributed by atoms with Crippen molar-refractivity contribution in [3.63, 3.8) is 0 Å². The Labute approximate surface area is 207 Å². The van der Waals surface area contributed by atoms with Crippen molar-refractivity contribution in [2.75, 3.05) is 16.8 Å². The molecule has 34 heavy (non-hydrogen) atoms. The van der Waals surface area contributed by atoms with Crippen LogP contribution in [0.2, 0.25) is 10.0 Å². The zero-order chi connectivity index (χ0) is 25.0. The van der Waals surface area contributed by atoms with Crippen LogP contribution < -0.4 is 10.2 Å². The highest BCUT2D eigenvalue weighted by atomic mass is 35.5. The number of hydrogen-bond donors (Lipinski definition) is 2. The summed E-state index contributed by atoms with van der Waals surface area (Å²) in [6, 6.07) is 9.14. The first-order chi connectivity index (χ1) is 15.9. The molecule has 0 fully saturated rings. The molecule has 4 rings (SSSR count). The van der Waals surface area contributed by atoms with Crippen LogP contribution in [0.4, 0.5) is 11.4 Å². The number of phenolic OH excluding ortho intramolecular Hbond substituents is 1. The molecule has 1 atom stereocenters. The van der Waals surface area contributed by atoms with Crippen molar-refractivity contribution in [2.45, 2.75) is 39.3 Å². The van der Waals surface area contributed by atoms with Gasteiger partial charge in [-0.15, -0.1) is 0 Å². The average molecular weight is 503 g/mol. The fraction of sp³-hybridized carbons (Fsp3) is 0.320. The Hall–Kier alpha value is -2.87. The third-order valence-corrected chi connectivity index (χ3v) is 6.39. The molecule has 2 aliphatic heterocycles. The predicted molar refractivity (Wildman–Crippen MR) is 130 cm³/mol. The summed E-state index contributed by atoms with van der Waals surface area (Å²) in [5.74, 6) is -2.03. The zero-order valence-electron chi connectivity index (χ0n) is 19.1. The topological polar surface area (TPSA) is 95.9 Å². The van der Waals surface area contributed by atoms with Crippen LogP contribution in [0, 0.1) is 5.41 Å². The summed E-state index contributed by atoms with van der Waals surface area (Å²) in [7, 11) is 0. The van der Waals surface area contributed by atoms with Crippen LogP contribution in [0.1, 0.15) is 33.3 Å². The standard InChI is InChI=1S/C25H24Cl2N2O5/c1-13(2)34-12-24(3,4)22(32)17-11-20(31)29(16-7-5-6-14(26)8-16)25(17)21-18(28-23(25)33)9-15(27)10-19(21)30/h5-11,13,30H,12H2,1-4H3,(H,28,33). The van der Waals surface area contributed by atoms with Gasteiger partial charge in [-0.25, -0.2) is 0 Å². The largest absolute Gasteiger partial charge is 0.507 e. The molecule has 0 bridgehead atoms. The second-order valence-electron chi connectivity index (χ2n) is 9.30. The number of aromatic hydroxyl groups is 1. The smallest absolute Gasteiger partial charge is 0.260 e. The second-order valence-corrected chi connectivity index (χ2v) is 10.2. The van der Waals surface area contributed by atoms with Gasteiger partial charge in [0.1, 0.15) is 5.75 Å². The van der Waals surface area contributed by atoms with Gasteiger partial charge in [-0.1, -0.05) is 43.1 Å². The van der Waals surface area contributed by atoms with Crippen LogP contribution >= 0.6 is 23.2 Å². The molecule has 0 aliphatic carbocycles. The number of amides is 2. The highest BCUT2D eigenvalue weighted by Gasteiger charge is 2.63. The number of anilines is 2. The highest BCUT2D eigenvalue weighted by molar-refractivity contribution is 6.33. The molecule has 7 nitrogen and oxygen atoms in total. The van der Waals surface area contributed by atoms with E-state index in [4.69, 9.17) is 27.9 Å². The summed E-state index contributed by atoms with van der Waals surface area (Å²) in [4.78, 5) is 42.3. The van der Waals surface area contributed by atoms with Gasteiger partial charge in [0.2, 0.25) is 0 Å². The first kappa shape index (κ1) is 24.3. The Kier molecular flexibility index (Phi) is 6.00. The fourth-order valence-corrected chi connectivity index (χ4v) is 4.81. The summed E-state index contributed by atoms with van der Waals surface area (Å²) >= 11 is 12.3. The molecule has 1 spiro atoms. The lowest BCUT2D eigenvalue weighted by molar-refractivity contribution is -0.130. The minimum atomic E-state index is -1.95. The summed E-state index contributed by atoms with van der Waals surface area (Å²) in [5, 5.41) is 14.2. The van der Waals surface area contributed by atoms with Gasteiger partial charge in [0.25, 0.3) is 11.8 Å². The second kappa shape index (κ2) is 8.41. The Morgan fingerprint density at radius 2 is 1.88 bits per heavy atom. The number of carbonyl (C=O) groups is 3. The van der Waals surface area contributed by atoms with E-state index >= 15 is 0 Å². The van der Waals surface area contributed by atoms with Crippen LogP contribution in [0.25, 0.3) is 0 Å². The molecule has 178 valence electrons. The van der Waals surface area contributed by atoms with E-state index in [1.54, 1.807) is 32.0 Å². The molecule has 2 heterocycles. The Balaban J connectivity index is 1.97. The average Bonchev–Trinajstić information content (AvgIpc) is 3.20. The lowest BCUT2D eigenvalue weighted by atomic mass is 9.74. The van der Waals surface area contributed by atoms with E-state index in [-0.39, 0.29) is 40.3 Å². The van der Waals surface area contributed by atoms with Gasteiger partial charge in [-0.3, -0.25) is 19.3 Å². The van der Waals surface area contributed by atoms with Gasteiger partial charge < -0.3 is 15.2 Å². The number of rotatable bonds is 6. The number of carbonyl (C=O) groups excluding carboxylic acids is 3. The molecule has 0 saturated heterocycles. The van der Waals surface area contributed by atoms with E-state index in [0.29, 0.717) is 10.7 Å². The fourth-order valence-electron chi connectivity index (χ4n) is 4.42. The summed E-state index contributed by atoms with van der Waals surface area (Å²) in [6.45, 7) is 7.15. The molecule has 2 aromatic carbocycles. The zero-order valence-corrected chi connectivity index (χ0v) is 20.6. The van der Waals surface area contributed by atoms with Crippen molar-refractivity contribution in [1.82, 2.24) is 0 Å². The molecule has 0 aromatic heterocycles. The van der Waals surface area contributed by atoms with Gasteiger partial charge in [0.15, 0.2) is 11.3 Å². The number of ketones is 1. The van der Waals surface area contributed by atoms with E-state index in [1.165, 1.54) is 23.1 Å². The van der Waals surface area contributed by atoms with Gasteiger partial charge in [0.05, 0.1) is 29.4 Å². The monoisotopic (exact) mass is 502 g/mol. The number of ether oxygens (including phenoxy) is 1. The van der Waals surface area contributed by atoms with E-state index in [2.05, 4.69) is 5.32 Å². The normalized spacial score (nSPS) is 19.6. The molecule has 2 aromatic rings. The molecular weight excluding hydrogens is 479 g/mol. The van der Waals surface area contributed by atoms with E-state index < -0.39 is 28.6 Å². The van der Waals surface area contributed by atoms with Crippen molar-refractivity contribution < 1.29 is 24.2 Å². The van der Waals surface area contributed by atoms with Crippen molar-refractivity contribution in [1.29, 1.82) is 0 Å². The Morgan fingerprint density at radius 1 is 1.18 bits per heavy atom. The number of Topliss-reactive ketones (excluding diaryl/α,β-unsaturated/α-hetero) is 1. The SMILES string of the molecule is CC(C)OCC(C)(C)C(=O)C1=CC(=O)N(c2cccc(Cl)c2)C12C(=O)Nc1cc(Cl)cc(O)c12. The van der Waals surface area contributed by atoms with Crippen LogP contribution in [-0.4, -0.2) is 35.4 Å². The third kappa shape index (κ3) is 3.68. The maximum atomic E-state index is 13.9. The molecule has 1 unspecified atom stereocenters. The number of hydrogen-bond acceptors (Lipinski definition) is 5. The molecule has 0 saturated carbocycles. The number of fused-ring (bicyclic) bond motifs is 2. The van der Waals surface area contributed by atoms with Gasteiger partial charge >= 0.3 is 0 Å². The van der Waals surface area contributed by atoms with Crippen LogP contribution in [0.15, 0.2) is 48.0 Å². The molecular formula is C25H24Cl2N2O5. The van der Waals surface area contributed by atoms with Crippen molar-refractivity contribution in [3.8, 4) is 5.75 Å². The van der Waals surface area contributed by atoms with Crippen molar-refractivity contribution in [2.24, 2.45) is 5.41 Å². The van der Waals surface area contributed by atoms with Crippen LogP contribution in [0.3, 0.4) is 0 Å². The number of benzene rings is 2. The lowest BCUT2D eigenvalue weighted by Crippen LogP contribution is -2.53. The number of nitrogens with one attached hydrogen (secondary N) is 1. The summed E-state index contributed by atoms with van der Waals surface area (Å²) in [5.41, 5.74) is -2.50. The van der Waals surface area contributed by atoms with E-state index in [9.17, 15) is 19.5 Å². The van der Waals surface area contributed by atoms with Gasteiger partial charge in [0, 0.05) is 27.4 Å². The van der Waals surface area contributed by atoms with Gasteiger partial charge in [-0.05, 0) is 44.2 Å². The van der Waals surface area contributed by atoms with Crippen LogP contribution in [-0.2, 0) is 24.7 Å². The summed E-state index contributed by atoms with van der Waals surface area (Å²) < 4.78 is 5.70. The molecule has 2 aliphatic rings. The van der Waals surface area contributed by atoms with E-state index in [0.717, 1.165) is 6.08 Å². The maximum Gasteiger partial charge on any atom is 0.260 e. The molecule has 0 radical (unpaired) electrons. The lowest BCUT2D eigenvalue weighted by Gasteiger charge is -2.38. The van der Waals surface area contributed by atoms with E-state index in [1.807, 2.05) is 13.8 Å². The number of phenols is 1. The first-order valence-corrected chi connectivity index (χ1v) is 11.5. The number of nitrogens with zero attached hydrogens (tertiary/aromatic N) is 1. The third-order valence-electron chi connectivity index (χ3n) is 5.94. The number of halogens is 2. The molecule has 2 N–H and O–H groups in total. The quantitative estimate of drug-likeness (QED) is 0.588. The maximum absolute atomic E-state index is 13.9. The predicted octanol–water partition coefficient (Wildman–Crippen LogP) is 4.84. The highest BCUT2D eigenvalue weighted by Crippen LogP contribution is 2.55. The summed E-state index contributed by atoms with van der Waals surface area (Å²) in [6.07, 6.45) is 1.04. The van der Waals surface area contributed by atoms with Crippen molar-refractivity contribution in [3.05, 3.63) is 63.7 Å². The first-order valence-electron chi connectivity index (χ1n) is 10.7. The minimum absolute atomic E-state index is 0.0660. The molecule has 2 amide bonds. The minimum Gasteiger partial charge on any atom is -0.507 e. The van der Waals surface area contributed by atoms with Crippen molar-refractivity contribution >= 4 is 52.2 Å². The Bertz CT molecular complexity index is 1250. The van der Waals surface area contributed by atoms with Crippen LogP contribution in [0.5, 0.6) is 5.75 Å². The molecule has 9 heteroatoms. The van der Waals surface area contributed by atoms with Gasteiger partial charge in [-0.2, -0.15) is 0 Å². The Morgan fingerprint density at radius 3 is 2.53 bits per heavy atom.